The van der Waals surface area contributed by atoms with Crippen LogP contribution in [0.2, 0.25) is 0 Å². The highest BCUT2D eigenvalue weighted by atomic mass is 16.5. The summed E-state index contributed by atoms with van der Waals surface area (Å²) in [5, 5.41) is 3.38. The third kappa shape index (κ3) is 5.21. The molecule has 1 rings (SSSR count). The molecule has 1 heterocycles. The number of methoxy groups -OCH3 is 1. The molecule has 1 atom stereocenters. The van der Waals surface area contributed by atoms with Crippen LogP contribution in [0.4, 0.5) is 0 Å². The summed E-state index contributed by atoms with van der Waals surface area (Å²) in [6.07, 6.45) is 3.62. The van der Waals surface area contributed by atoms with Crippen molar-refractivity contribution in [1.29, 1.82) is 0 Å². The summed E-state index contributed by atoms with van der Waals surface area (Å²) in [5.74, 6) is 0. The van der Waals surface area contributed by atoms with E-state index in [0.717, 1.165) is 6.54 Å². The molecule has 0 saturated heterocycles. The first kappa shape index (κ1) is 13.1. The first-order valence-corrected chi connectivity index (χ1v) is 5.54. The predicted molar refractivity (Wildman–Crippen MR) is 63.3 cm³/mol. The van der Waals surface area contributed by atoms with E-state index in [2.05, 4.69) is 17.2 Å². The quantitative estimate of drug-likeness (QED) is 0.678. The first-order valence-electron chi connectivity index (χ1n) is 5.54. The van der Waals surface area contributed by atoms with Crippen molar-refractivity contribution >= 4 is 0 Å². The normalized spacial score (nSPS) is 12.6. The van der Waals surface area contributed by atoms with E-state index in [9.17, 15) is 0 Å². The summed E-state index contributed by atoms with van der Waals surface area (Å²) in [5.41, 5.74) is 1.24. The van der Waals surface area contributed by atoms with Gasteiger partial charge in [0.15, 0.2) is 0 Å². The van der Waals surface area contributed by atoms with Gasteiger partial charge in [-0.15, -0.1) is 0 Å². The molecular weight excluding hydrogens is 204 g/mol. The lowest BCUT2D eigenvalue weighted by Crippen LogP contribution is -2.23. The lowest BCUT2D eigenvalue weighted by atomic mass is 10.1. The van der Waals surface area contributed by atoms with Crippen molar-refractivity contribution in [3.05, 3.63) is 30.1 Å². The molecule has 0 aliphatic heterocycles. The van der Waals surface area contributed by atoms with Crippen molar-refractivity contribution in [2.75, 3.05) is 33.5 Å². The van der Waals surface area contributed by atoms with Gasteiger partial charge in [-0.2, -0.15) is 0 Å². The standard InChI is InChI=1S/C12H20N2O2/c1-11(12-3-5-13-6-4-12)14-7-8-16-10-9-15-2/h3-6,11,14H,7-10H2,1-2H3. The van der Waals surface area contributed by atoms with Crippen molar-refractivity contribution in [2.24, 2.45) is 0 Å². The SMILES string of the molecule is COCCOCCNC(C)c1ccncc1. The Morgan fingerprint density at radius 1 is 1.25 bits per heavy atom. The average molecular weight is 224 g/mol. The molecule has 16 heavy (non-hydrogen) atoms. The molecule has 90 valence electrons. The summed E-state index contributed by atoms with van der Waals surface area (Å²) < 4.78 is 10.2. The van der Waals surface area contributed by atoms with E-state index in [4.69, 9.17) is 9.47 Å². The maximum atomic E-state index is 5.36. The molecule has 4 heteroatoms. The molecule has 0 amide bonds. The smallest absolute Gasteiger partial charge is 0.0700 e. The Morgan fingerprint density at radius 2 is 2.00 bits per heavy atom. The molecule has 1 unspecified atom stereocenters. The lowest BCUT2D eigenvalue weighted by molar-refractivity contribution is 0.0712. The fraction of sp³-hybridized carbons (Fsp3) is 0.583. The van der Waals surface area contributed by atoms with E-state index in [0.29, 0.717) is 25.9 Å². The molecule has 0 fully saturated rings. The molecule has 0 bridgehead atoms. The van der Waals surface area contributed by atoms with Crippen LogP contribution in [0.25, 0.3) is 0 Å². The largest absolute Gasteiger partial charge is 0.382 e. The van der Waals surface area contributed by atoms with Gasteiger partial charge in [0.25, 0.3) is 0 Å². The van der Waals surface area contributed by atoms with Crippen LogP contribution >= 0.6 is 0 Å². The summed E-state index contributed by atoms with van der Waals surface area (Å²) >= 11 is 0. The molecule has 1 aromatic heterocycles. The second kappa shape index (κ2) is 8.21. The zero-order chi connectivity index (χ0) is 11.6. The van der Waals surface area contributed by atoms with Gasteiger partial charge >= 0.3 is 0 Å². The van der Waals surface area contributed by atoms with Gasteiger partial charge in [-0.3, -0.25) is 4.98 Å². The van der Waals surface area contributed by atoms with Crippen molar-refractivity contribution in [2.45, 2.75) is 13.0 Å². The molecular formula is C12H20N2O2. The van der Waals surface area contributed by atoms with E-state index < -0.39 is 0 Å². The molecule has 0 aliphatic carbocycles. The van der Waals surface area contributed by atoms with E-state index >= 15 is 0 Å². The lowest BCUT2D eigenvalue weighted by Gasteiger charge is -2.13. The Hall–Kier alpha value is -0.970. The minimum absolute atomic E-state index is 0.328. The highest BCUT2D eigenvalue weighted by Crippen LogP contribution is 2.09. The molecule has 0 aliphatic rings. The third-order valence-corrected chi connectivity index (χ3v) is 2.33. The Morgan fingerprint density at radius 3 is 2.69 bits per heavy atom. The zero-order valence-electron chi connectivity index (χ0n) is 9.98. The highest BCUT2D eigenvalue weighted by molar-refractivity contribution is 5.13. The zero-order valence-corrected chi connectivity index (χ0v) is 9.98. The van der Waals surface area contributed by atoms with Crippen LogP contribution in [0.15, 0.2) is 24.5 Å². The van der Waals surface area contributed by atoms with Crippen molar-refractivity contribution in [3.8, 4) is 0 Å². The topological polar surface area (TPSA) is 43.4 Å². The van der Waals surface area contributed by atoms with Crippen molar-refractivity contribution in [3.63, 3.8) is 0 Å². The summed E-state index contributed by atoms with van der Waals surface area (Å²) in [7, 11) is 1.67. The van der Waals surface area contributed by atoms with Gasteiger partial charge in [-0.25, -0.2) is 0 Å². The molecule has 1 aromatic rings. The number of hydrogen-bond acceptors (Lipinski definition) is 4. The minimum atomic E-state index is 0.328. The summed E-state index contributed by atoms with van der Waals surface area (Å²) in [6, 6.07) is 4.36. The van der Waals surface area contributed by atoms with Crippen LogP contribution in [0.3, 0.4) is 0 Å². The van der Waals surface area contributed by atoms with Gasteiger partial charge in [-0.1, -0.05) is 0 Å². The van der Waals surface area contributed by atoms with Crippen LogP contribution < -0.4 is 5.32 Å². The monoisotopic (exact) mass is 224 g/mol. The van der Waals surface area contributed by atoms with E-state index in [1.165, 1.54) is 5.56 Å². The van der Waals surface area contributed by atoms with E-state index in [1.807, 2.05) is 24.5 Å². The number of nitrogens with zero attached hydrogens (tertiary/aromatic N) is 1. The van der Waals surface area contributed by atoms with E-state index in [-0.39, 0.29) is 0 Å². The van der Waals surface area contributed by atoms with Crippen LogP contribution in [-0.4, -0.2) is 38.5 Å². The van der Waals surface area contributed by atoms with Gasteiger partial charge in [0.1, 0.15) is 0 Å². The fourth-order valence-corrected chi connectivity index (χ4v) is 1.36. The van der Waals surface area contributed by atoms with Crippen LogP contribution in [0.1, 0.15) is 18.5 Å². The number of pyridine rings is 1. The van der Waals surface area contributed by atoms with Gasteiger partial charge in [0.05, 0.1) is 19.8 Å². The highest BCUT2D eigenvalue weighted by Gasteiger charge is 2.02. The molecule has 0 spiro atoms. The van der Waals surface area contributed by atoms with Crippen LogP contribution in [0, 0.1) is 0 Å². The number of nitrogens with one attached hydrogen (secondary N) is 1. The summed E-state index contributed by atoms with van der Waals surface area (Å²) in [4.78, 5) is 3.99. The Labute approximate surface area is 97.0 Å². The van der Waals surface area contributed by atoms with Crippen molar-refractivity contribution in [1.82, 2.24) is 10.3 Å². The van der Waals surface area contributed by atoms with Gasteiger partial charge in [0.2, 0.25) is 0 Å². The number of rotatable bonds is 8. The molecule has 1 N–H and O–H groups in total. The number of aromatic nitrogens is 1. The van der Waals surface area contributed by atoms with E-state index in [1.54, 1.807) is 7.11 Å². The average Bonchev–Trinajstić information content (AvgIpc) is 2.34. The predicted octanol–water partition coefficient (Wildman–Crippen LogP) is 1.40. The summed E-state index contributed by atoms with van der Waals surface area (Å²) in [6.45, 7) is 4.98. The van der Waals surface area contributed by atoms with Gasteiger partial charge in [-0.05, 0) is 24.6 Å². The maximum Gasteiger partial charge on any atom is 0.0700 e. The maximum absolute atomic E-state index is 5.36. The second-order valence-corrected chi connectivity index (χ2v) is 3.56. The van der Waals surface area contributed by atoms with Crippen LogP contribution in [-0.2, 0) is 9.47 Å². The fourth-order valence-electron chi connectivity index (χ4n) is 1.36. The molecule has 0 aromatic carbocycles. The molecule has 4 nitrogen and oxygen atoms in total. The Kier molecular flexibility index (Phi) is 6.72. The number of hydrogen-bond donors (Lipinski definition) is 1. The van der Waals surface area contributed by atoms with Gasteiger partial charge in [0, 0.05) is 32.1 Å². The van der Waals surface area contributed by atoms with Gasteiger partial charge < -0.3 is 14.8 Å². The van der Waals surface area contributed by atoms with Crippen LogP contribution in [0.5, 0.6) is 0 Å². The molecule has 0 radical (unpaired) electrons. The van der Waals surface area contributed by atoms with Crippen molar-refractivity contribution < 1.29 is 9.47 Å². The Bertz CT molecular complexity index is 267. The number of ether oxygens (including phenoxy) is 2. The molecule has 0 saturated carbocycles. The first-order chi connectivity index (χ1) is 7.84. The second-order valence-electron chi connectivity index (χ2n) is 3.56. The minimum Gasteiger partial charge on any atom is -0.382 e. The third-order valence-electron chi connectivity index (χ3n) is 2.33. The Balaban J connectivity index is 2.09.